The Morgan fingerprint density at radius 3 is 1.93 bits per heavy atom. The van der Waals surface area contributed by atoms with Crippen LogP contribution in [0, 0.1) is 5.92 Å². The summed E-state index contributed by atoms with van der Waals surface area (Å²) in [4.78, 5) is 58.9. The van der Waals surface area contributed by atoms with Gasteiger partial charge < -0.3 is 21.5 Å². The number of hydrogen-bond donors (Lipinski definition) is 3. The molecule has 0 aliphatic carbocycles. The minimum Gasteiger partial charge on any atom is -0.385 e. The van der Waals surface area contributed by atoms with E-state index in [-0.39, 0.29) is 4.90 Å². The minimum absolute atomic E-state index is 0.244. The number of esters is 2. The van der Waals surface area contributed by atoms with Crippen LogP contribution in [-0.2, 0) is 28.7 Å². The SMILES string of the molecule is CC(C)[C@H](NC(=O)CN)C(=O)N(C(=O)CN)[C@@H](C)C(=O)OC(=O)C(F)(F)F. The van der Waals surface area contributed by atoms with Crippen molar-refractivity contribution in [2.75, 3.05) is 13.1 Å². The number of imide groups is 1. The molecule has 0 unspecified atom stereocenters. The molecule has 3 amide bonds. The summed E-state index contributed by atoms with van der Waals surface area (Å²) < 4.78 is 40.3. The van der Waals surface area contributed by atoms with E-state index in [1.807, 2.05) is 0 Å². The number of nitrogens with one attached hydrogen (secondary N) is 1. The van der Waals surface area contributed by atoms with Crippen molar-refractivity contribution >= 4 is 29.7 Å². The van der Waals surface area contributed by atoms with E-state index in [1.54, 1.807) is 0 Å². The number of carbonyl (C=O) groups excluding carboxylic acids is 5. The van der Waals surface area contributed by atoms with E-state index >= 15 is 0 Å². The van der Waals surface area contributed by atoms with E-state index in [2.05, 4.69) is 10.1 Å². The van der Waals surface area contributed by atoms with Crippen molar-refractivity contribution < 1.29 is 41.9 Å². The number of carbonyl (C=O) groups is 5. The molecule has 0 aliphatic rings. The minimum atomic E-state index is -5.45. The van der Waals surface area contributed by atoms with Crippen molar-refractivity contribution in [3.8, 4) is 0 Å². The number of alkyl halides is 3. The van der Waals surface area contributed by atoms with Crippen molar-refractivity contribution in [1.82, 2.24) is 10.2 Å². The summed E-state index contributed by atoms with van der Waals surface area (Å²) in [5.74, 6) is -8.17. The molecule has 0 saturated heterocycles. The third-order valence-electron chi connectivity index (χ3n) is 3.27. The number of ether oxygens (including phenoxy) is 1. The number of nitrogens with two attached hydrogens (primary N) is 2. The second-order valence-corrected chi connectivity index (χ2v) is 5.68. The fourth-order valence-electron chi connectivity index (χ4n) is 1.86. The van der Waals surface area contributed by atoms with Crippen molar-refractivity contribution in [3.05, 3.63) is 0 Å². The van der Waals surface area contributed by atoms with Gasteiger partial charge >= 0.3 is 18.1 Å². The van der Waals surface area contributed by atoms with E-state index in [1.165, 1.54) is 13.8 Å². The van der Waals surface area contributed by atoms with E-state index in [4.69, 9.17) is 11.5 Å². The van der Waals surface area contributed by atoms with Crippen LogP contribution < -0.4 is 16.8 Å². The van der Waals surface area contributed by atoms with Gasteiger partial charge in [-0.25, -0.2) is 9.59 Å². The maximum atomic E-state index is 12.6. The van der Waals surface area contributed by atoms with Crippen molar-refractivity contribution in [3.63, 3.8) is 0 Å². The van der Waals surface area contributed by atoms with Gasteiger partial charge in [0.2, 0.25) is 11.8 Å². The predicted octanol–water partition coefficient (Wildman–Crippen LogP) is -1.58. The standard InChI is InChI=1S/C14H21F3N4O6/c1-6(2)10(20-8(22)4-18)11(24)21(9(23)5-19)7(3)12(25)27-13(26)14(15,16)17/h6-7,10H,4-5,18-19H2,1-3H3,(H,20,22)/t7-,10-/m0/s1. The fraction of sp³-hybridized carbons (Fsp3) is 0.643. The van der Waals surface area contributed by atoms with Crippen LogP contribution in [0.1, 0.15) is 20.8 Å². The van der Waals surface area contributed by atoms with Crippen LogP contribution in [-0.4, -0.2) is 65.9 Å². The smallest absolute Gasteiger partial charge is 0.385 e. The lowest BCUT2D eigenvalue weighted by molar-refractivity contribution is -0.203. The van der Waals surface area contributed by atoms with Crippen molar-refractivity contribution in [2.24, 2.45) is 17.4 Å². The van der Waals surface area contributed by atoms with Gasteiger partial charge in [0.25, 0.3) is 5.91 Å². The molecule has 0 aromatic carbocycles. The van der Waals surface area contributed by atoms with Crippen LogP contribution in [0.25, 0.3) is 0 Å². The second-order valence-electron chi connectivity index (χ2n) is 5.68. The summed E-state index contributed by atoms with van der Waals surface area (Å²) in [5.41, 5.74) is 10.3. The average Bonchev–Trinajstić information content (AvgIpc) is 2.57. The molecule has 10 nitrogen and oxygen atoms in total. The number of nitrogens with zero attached hydrogens (tertiary/aromatic N) is 1. The summed E-state index contributed by atoms with van der Waals surface area (Å²) in [6.45, 7) is 2.63. The first-order valence-electron chi connectivity index (χ1n) is 7.66. The molecular formula is C14H21F3N4O6. The van der Waals surface area contributed by atoms with Gasteiger partial charge in [0.1, 0.15) is 12.1 Å². The molecule has 154 valence electrons. The molecule has 0 bridgehead atoms. The second kappa shape index (κ2) is 9.97. The lowest BCUT2D eigenvalue weighted by Gasteiger charge is -2.31. The molecule has 0 aromatic rings. The lowest BCUT2D eigenvalue weighted by Crippen LogP contribution is -2.59. The molecule has 0 aromatic heterocycles. The zero-order valence-corrected chi connectivity index (χ0v) is 14.8. The number of halogens is 3. The Labute approximate surface area is 152 Å². The third-order valence-corrected chi connectivity index (χ3v) is 3.27. The molecule has 27 heavy (non-hydrogen) atoms. The van der Waals surface area contributed by atoms with Gasteiger partial charge in [0, 0.05) is 0 Å². The maximum absolute atomic E-state index is 12.6. The van der Waals surface area contributed by atoms with Gasteiger partial charge in [-0.05, 0) is 12.8 Å². The van der Waals surface area contributed by atoms with Gasteiger partial charge in [-0.1, -0.05) is 13.8 Å². The Morgan fingerprint density at radius 1 is 1.04 bits per heavy atom. The first-order chi connectivity index (χ1) is 12.3. The Bertz CT molecular complexity index is 608. The molecule has 5 N–H and O–H groups in total. The average molecular weight is 398 g/mol. The van der Waals surface area contributed by atoms with Gasteiger partial charge in [0.15, 0.2) is 0 Å². The summed E-state index contributed by atoms with van der Waals surface area (Å²) >= 11 is 0. The van der Waals surface area contributed by atoms with Gasteiger partial charge in [-0.3, -0.25) is 19.3 Å². The molecular weight excluding hydrogens is 377 g/mol. The molecule has 0 fully saturated rings. The number of rotatable bonds is 7. The fourth-order valence-corrected chi connectivity index (χ4v) is 1.86. The van der Waals surface area contributed by atoms with Crippen LogP contribution in [0.5, 0.6) is 0 Å². The zero-order chi connectivity index (χ0) is 21.5. The summed E-state index contributed by atoms with van der Waals surface area (Å²) in [6.07, 6.45) is -5.45. The molecule has 0 saturated carbocycles. The highest BCUT2D eigenvalue weighted by Gasteiger charge is 2.45. The highest BCUT2D eigenvalue weighted by atomic mass is 19.4. The molecule has 13 heteroatoms. The van der Waals surface area contributed by atoms with Crippen LogP contribution in [0.4, 0.5) is 13.2 Å². The lowest BCUT2D eigenvalue weighted by atomic mass is 10.0. The quantitative estimate of drug-likeness (QED) is 0.342. The van der Waals surface area contributed by atoms with Crippen LogP contribution in [0.15, 0.2) is 0 Å². The summed E-state index contributed by atoms with van der Waals surface area (Å²) in [5, 5.41) is 2.24. The summed E-state index contributed by atoms with van der Waals surface area (Å²) in [6, 6.07) is -3.24. The molecule has 0 rings (SSSR count). The first-order valence-corrected chi connectivity index (χ1v) is 7.66. The van der Waals surface area contributed by atoms with Crippen LogP contribution in [0.2, 0.25) is 0 Å². The highest BCUT2D eigenvalue weighted by molar-refractivity contribution is 6.04. The van der Waals surface area contributed by atoms with E-state index in [9.17, 15) is 37.1 Å². The van der Waals surface area contributed by atoms with E-state index < -0.39 is 66.9 Å². The molecule has 0 heterocycles. The Morgan fingerprint density at radius 2 is 1.56 bits per heavy atom. The molecule has 0 aliphatic heterocycles. The van der Waals surface area contributed by atoms with Gasteiger partial charge in [-0.15, -0.1) is 0 Å². The van der Waals surface area contributed by atoms with E-state index in [0.717, 1.165) is 6.92 Å². The largest absolute Gasteiger partial charge is 0.491 e. The van der Waals surface area contributed by atoms with Crippen molar-refractivity contribution in [2.45, 2.75) is 39.0 Å². The summed E-state index contributed by atoms with van der Waals surface area (Å²) in [7, 11) is 0. The molecule has 2 atom stereocenters. The monoisotopic (exact) mass is 398 g/mol. The first kappa shape index (κ1) is 24.5. The highest BCUT2D eigenvalue weighted by Crippen LogP contribution is 2.18. The Balaban J connectivity index is 5.66. The number of hydrogen-bond acceptors (Lipinski definition) is 8. The third kappa shape index (κ3) is 6.94. The maximum Gasteiger partial charge on any atom is 0.491 e. The van der Waals surface area contributed by atoms with Gasteiger partial charge in [-0.2, -0.15) is 13.2 Å². The number of amides is 3. The van der Waals surface area contributed by atoms with Gasteiger partial charge in [0.05, 0.1) is 13.1 Å². The zero-order valence-electron chi connectivity index (χ0n) is 14.8. The topological polar surface area (TPSA) is 162 Å². The molecule has 0 radical (unpaired) electrons. The Hall–Kier alpha value is -2.54. The van der Waals surface area contributed by atoms with Crippen LogP contribution in [0.3, 0.4) is 0 Å². The normalized spacial score (nSPS) is 13.5. The predicted molar refractivity (Wildman–Crippen MR) is 83.3 cm³/mol. The Kier molecular flexibility index (Phi) is 9.03. The van der Waals surface area contributed by atoms with Crippen LogP contribution >= 0.6 is 0 Å². The molecule has 0 spiro atoms. The van der Waals surface area contributed by atoms with E-state index in [0.29, 0.717) is 0 Å². The van der Waals surface area contributed by atoms with Crippen molar-refractivity contribution in [1.29, 1.82) is 0 Å².